The van der Waals surface area contributed by atoms with Gasteiger partial charge in [0.2, 0.25) is 5.91 Å². The van der Waals surface area contributed by atoms with E-state index in [1.54, 1.807) is 19.0 Å². The number of likely N-dealkylation sites (N-methyl/N-ethyl adjacent to an activating group) is 1. The van der Waals surface area contributed by atoms with Crippen LogP contribution < -0.4 is 10.1 Å². The van der Waals surface area contributed by atoms with E-state index in [1.807, 2.05) is 42.5 Å². The highest BCUT2D eigenvalue weighted by molar-refractivity contribution is 5.78. The van der Waals surface area contributed by atoms with Crippen molar-refractivity contribution in [3.63, 3.8) is 0 Å². The molecule has 0 aromatic heterocycles. The fourth-order valence-corrected chi connectivity index (χ4v) is 4.34. The number of likely N-dealkylation sites (tertiary alicyclic amines) is 1. The minimum absolute atomic E-state index is 0.0245. The topological polar surface area (TPSA) is 71.1 Å². The summed E-state index contributed by atoms with van der Waals surface area (Å²) in [6, 6.07) is 18.2. The van der Waals surface area contributed by atoms with E-state index >= 15 is 0 Å². The van der Waals surface area contributed by atoms with Crippen LogP contribution in [0.4, 0.5) is 4.79 Å². The molecule has 1 aliphatic carbocycles. The summed E-state index contributed by atoms with van der Waals surface area (Å²) < 4.78 is 11.5. The van der Waals surface area contributed by atoms with Crippen molar-refractivity contribution >= 4 is 12.0 Å². The quantitative estimate of drug-likeness (QED) is 0.614. The SMILES string of the molecule is CN(C)C(=O)Cc1ccc(OCCN2CCC(OC(=O)N[C@@H]3C[C@H]3c3ccccc3)CC2)cc1. The van der Waals surface area contributed by atoms with Crippen LogP contribution in [0.3, 0.4) is 0 Å². The third-order valence-corrected chi connectivity index (χ3v) is 6.58. The predicted molar refractivity (Wildman–Crippen MR) is 131 cm³/mol. The number of nitrogens with zero attached hydrogens (tertiary/aromatic N) is 2. The highest BCUT2D eigenvalue weighted by Gasteiger charge is 2.40. The van der Waals surface area contributed by atoms with Gasteiger partial charge in [0.05, 0.1) is 6.42 Å². The maximum absolute atomic E-state index is 12.3. The predicted octanol–water partition coefficient (Wildman–Crippen LogP) is 3.44. The number of alkyl carbamates (subject to hydrolysis) is 1. The summed E-state index contributed by atoms with van der Waals surface area (Å²) in [5.74, 6) is 1.31. The summed E-state index contributed by atoms with van der Waals surface area (Å²) in [5, 5.41) is 3.02. The Bertz CT molecular complexity index is 940. The van der Waals surface area contributed by atoms with Crippen molar-refractivity contribution in [1.29, 1.82) is 0 Å². The number of carbonyl (C=O) groups excluding carboxylic acids is 2. The first kappa shape index (κ1) is 24.1. The van der Waals surface area contributed by atoms with Crippen LogP contribution in [0.5, 0.6) is 5.75 Å². The summed E-state index contributed by atoms with van der Waals surface area (Å²) in [6.07, 6.45) is 2.75. The molecule has 0 bridgehead atoms. The first-order chi connectivity index (χ1) is 16.5. The smallest absolute Gasteiger partial charge is 0.407 e. The minimum Gasteiger partial charge on any atom is -0.492 e. The van der Waals surface area contributed by atoms with Crippen LogP contribution >= 0.6 is 0 Å². The molecule has 2 aromatic carbocycles. The number of piperidine rings is 1. The molecule has 1 saturated heterocycles. The third-order valence-electron chi connectivity index (χ3n) is 6.58. The average Bonchev–Trinajstić information content (AvgIpc) is 3.60. The van der Waals surface area contributed by atoms with Gasteiger partial charge in [-0.1, -0.05) is 42.5 Å². The van der Waals surface area contributed by atoms with Crippen LogP contribution in [-0.4, -0.2) is 74.3 Å². The zero-order chi connectivity index (χ0) is 23.9. The summed E-state index contributed by atoms with van der Waals surface area (Å²) >= 11 is 0. The van der Waals surface area contributed by atoms with E-state index in [-0.39, 0.29) is 24.1 Å². The minimum atomic E-state index is -0.291. The van der Waals surface area contributed by atoms with Gasteiger partial charge in [-0.3, -0.25) is 9.69 Å². The molecule has 34 heavy (non-hydrogen) atoms. The molecular formula is C27H35N3O4. The molecule has 0 radical (unpaired) electrons. The van der Waals surface area contributed by atoms with Gasteiger partial charge in [0.1, 0.15) is 18.5 Å². The lowest BCUT2D eigenvalue weighted by Crippen LogP contribution is -2.41. The van der Waals surface area contributed by atoms with E-state index in [0.717, 1.165) is 50.2 Å². The molecule has 2 aromatic rings. The Kier molecular flexibility index (Phi) is 8.06. The molecular weight excluding hydrogens is 430 g/mol. The standard InChI is InChI=1S/C27H35N3O4/c1-29(2)26(31)18-20-8-10-22(11-9-20)33-17-16-30-14-12-23(13-15-30)34-27(32)28-25-19-24(25)21-6-4-3-5-7-21/h3-11,23-25H,12-19H2,1-2H3,(H,28,32)/t24-,25+/m0/s1. The van der Waals surface area contributed by atoms with Crippen molar-refractivity contribution in [2.45, 2.75) is 43.7 Å². The Balaban J connectivity index is 1.09. The molecule has 182 valence electrons. The second kappa shape index (κ2) is 11.4. The first-order valence-electron chi connectivity index (χ1n) is 12.1. The zero-order valence-electron chi connectivity index (χ0n) is 20.1. The Morgan fingerprint density at radius 1 is 1.03 bits per heavy atom. The van der Waals surface area contributed by atoms with Crippen LogP contribution in [0.1, 0.15) is 36.3 Å². The molecule has 7 heteroatoms. The lowest BCUT2D eigenvalue weighted by molar-refractivity contribution is -0.127. The number of amides is 2. The zero-order valence-corrected chi connectivity index (χ0v) is 20.1. The molecule has 4 rings (SSSR count). The van der Waals surface area contributed by atoms with E-state index in [4.69, 9.17) is 9.47 Å². The molecule has 0 unspecified atom stereocenters. The monoisotopic (exact) mass is 465 g/mol. The van der Waals surface area contributed by atoms with Gasteiger partial charge in [-0.2, -0.15) is 0 Å². The molecule has 7 nitrogen and oxygen atoms in total. The second-order valence-corrected chi connectivity index (χ2v) is 9.41. The van der Waals surface area contributed by atoms with Gasteiger partial charge < -0.3 is 19.7 Å². The number of nitrogens with one attached hydrogen (secondary N) is 1. The number of hydrogen-bond donors (Lipinski definition) is 1. The van der Waals surface area contributed by atoms with Crippen molar-refractivity contribution < 1.29 is 19.1 Å². The Hall–Kier alpha value is -3.06. The van der Waals surface area contributed by atoms with E-state index in [9.17, 15) is 9.59 Å². The second-order valence-electron chi connectivity index (χ2n) is 9.41. The van der Waals surface area contributed by atoms with E-state index < -0.39 is 0 Å². The molecule has 2 aliphatic rings. The molecule has 1 saturated carbocycles. The van der Waals surface area contributed by atoms with Gasteiger partial charge in [-0.05, 0) is 42.5 Å². The van der Waals surface area contributed by atoms with Gasteiger partial charge in [0, 0.05) is 45.7 Å². The Morgan fingerprint density at radius 2 is 1.74 bits per heavy atom. The lowest BCUT2D eigenvalue weighted by atomic mass is 10.1. The highest BCUT2D eigenvalue weighted by atomic mass is 16.6. The maximum atomic E-state index is 12.3. The average molecular weight is 466 g/mol. The van der Waals surface area contributed by atoms with Crippen molar-refractivity contribution in [2.75, 3.05) is 40.3 Å². The van der Waals surface area contributed by atoms with Gasteiger partial charge in [0.15, 0.2) is 0 Å². The molecule has 2 amide bonds. The van der Waals surface area contributed by atoms with Gasteiger partial charge >= 0.3 is 6.09 Å². The molecule has 0 spiro atoms. The highest BCUT2D eigenvalue weighted by Crippen LogP contribution is 2.40. The number of hydrogen-bond acceptors (Lipinski definition) is 5. The summed E-state index contributed by atoms with van der Waals surface area (Å²) in [7, 11) is 3.53. The Labute approximate surface area is 202 Å². The lowest BCUT2D eigenvalue weighted by Gasteiger charge is -2.31. The largest absolute Gasteiger partial charge is 0.492 e. The molecule has 1 N–H and O–H groups in total. The molecule has 1 aliphatic heterocycles. The van der Waals surface area contributed by atoms with Crippen LogP contribution in [0.25, 0.3) is 0 Å². The summed E-state index contributed by atoms with van der Waals surface area (Å²) in [5.41, 5.74) is 2.26. The van der Waals surface area contributed by atoms with Crippen molar-refractivity contribution in [2.24, 2.45) is 0 Å². The number of benzene rings is 2. The molecule has 2 fully saturated rings. The fourth-order valence-electron chi connectivity index (χ4n) is 4.34. The fraction of sp³-hybridized carbons (Fsp3) is 0.481. The number of carbonyl (C=O) groups is 2. The molecule has 1 heterocycles. The molecule has 2 atom stereocenters. The normalized spacial score (nSPS) is 20.4. The first-order valence-corrected chi connectivity index (χ1v) is 12.1. The summed E-state index contributed by atoms with van der Waals surface area (Å²) in [6.45, 7) is 3.22. The van der Waals surface area contributed by atoms with E-state index in [2.05, 4.69) is 22.3 Å². The van der Waals surface area contributed by atoms with E-state index in [0.29, 0.717) is 18.9 Å². The van der Waals surface area contributed by atoms with Crippen LogP contribution in [0, 0.1) is 0 Å². The van der Waals surface area contributed by atoms with Crippen LogP contribution in [0.15, 0.2) is 54.6 Å². The third kappa shape index (κ3) is 6.97. The Morgan fingerprint density at radius 3 is 2.41 bits per heavy atom. The van der Waals surface area contributed by atoms with Crippen molar-refractivity contribution in [3.05, 3.63) is 65.7 Å². The van der Waals surface area contributed by atoms with Gasteiger partial charge in [-0.25, -0.2) is 4.79 Å². The van der Waals surface area contributed by atoms with Gasteiger partial charge in [-0.15, -0.1) is 0 Å². The van der Waals surface area contributed by atoms with E-state index in [1.165, 1.54) is 5.56 Å². The van der Waals surface area contributed by atoms with Crippen LogP contribution in [0.2, 0.25) is 0 Å². The van der Waals surface area contributed by atoms with Crippen molar-refractivity contribution in [3.8, 4) is 5.75 Å². The summed E-state index contributed by atoms with van der Waals surface area (Å²) in [4.78, 5) is 28.0. The van der Waals surface area contributed by atoms with Gasteiger partial charge in [0.25, 0.3) is 0 Å². The van der Waals surface area contributed by atoms with Crippen LogP contribution in [-0.2, 0) is 16.0 Å². The number of ether oxygens (including phenoxy) is 2. The number of rotatable bonds is 9. The maximum Gasteiger partial charge on any atom is 0.407 e. The van der Waals surface area contributed by atoms with Crippen molar-refractivity contribution in [1.82, 2.24) is 15.1 Å².